The number of nitrogens with one attached hydrogen (secondary N) is 2. The fraction of sp³-hybridized carbons (Fsp3) is 0.316. The number of nitrogens with zero attached hydrogens (tertiary/aromatic N) is 3. The van der Waals surface area contributed by atoms with Crippen LogP contribution in [0.25, 0.3) is 5.65 Å². The van der Waals surface area contributed by atoms with Crippen molar-refractivity contribution in [2.75, 3.05) is 18.4 Å². The molecule has 0 spiro atoms. The number of H-pyrrole nitrogens is 1. The Morgan fingerprint density at radius 3 is 2.92 bits per heavy atom. The molecule has 2 aromatic heterocycles. The fourth-order valence-electron chi connectivity index (χ4n) is 3.45. The van der Waals surface area contributed by atoms with Crippen LogP contribution in [0.1, 0.15) is 28.9 Å². The molecule has 1 saturated heterocycles. The van der Waals surface area contributed by atoms with Crippen molar-refractivity contribution in [1.82, 2.24) is 19.5 Å². The van der Waals surface area contributed by atoms with E-state index >= 15 is 0 Å². The summed E-state index contributed by atoms with van der Waals surface area (Å²) in [6.07, 6.45) is 3.28. The average Bonchev–Trinajstić information content (AvgIpc) is 3.04. The van der Waals surface area contributed by atoms with Gasteiger partial charge in [-0.2, -0.15) is 0 Å². The second-order valence-electron chi connectivity index (χ2n) is 6.71. The highest BCUT2D eigenvalue weighted by Crippen LogP contribution is 2.17. The largest absolute Gasteiger partial charge is 0.381 e. The first-order valence-corrected chi connectivity index (χ1v) is 8.80. The average molecular weight is 351 g/mol. The first kappa shape index (κ1) is 16.4. The first-order chi connectivity index (χ1) is 12.6. The van der Waals surface area contributed by atoms with Crippen LogP contribution in [0.4, 0.5) is 5.69 Å². The molecule has 134 valence electrons. The highest BCUT2D eigenvalue weighted by atomic mass is 16.2. The molecule has 0 radical (unpaired) electrons. The Kier molecular flexibility index (Phi) is 4.20. The van der Waals surface area contributed by atoms with Crippen LogP contribution in [0, 0.1) is 6.92 Å². The van der Waals surface area contributed by atoms with Gasteiger partial charge in [0, 0.05) is 42.8 Å². The van der Waals surface area contributed by atoms with Crippen molar-refractivity contribution in [3.05, 3.63) is 64.2 Å². The normalized spacial score (nSPS) is 17.4. The molecule has 1 aromatic carbocycles. The zero-order valence-corrected chi connectivity index (χ0v) is 14.6. The summed E-state index contributed by atoms with van der Waals surface area (Å²) in [6.45, 7) is 3.07. The van der Waals surface area contributed by atoms with E-state index in [-0.39, 0.29) is 23.1 Å². The zero-order chi connectivity index (χ0) is 18.1. The number of carbonyl (C=O) groups excluding carboxylic acids is 1. The van der Waals surface area contributed by atoms with Crippen LogP contribution in [0.3, 0.4) is 0 Å². The summed E-state index contributed by atoms with van der Waals surface area (Å²) >= 11 is 0. The van der Waals surface area contributed by atoms with Gasteiger partial charge in [-0.25, -0.2) is 9.50 Å². The van der Waals surface area contributed by atoms with Crippen molar-refractivity contribution < 1.29 is 4.79 Å². The minimum absolute atomic E-state index is 0.102. The van der Waals surface area contributed by atoms with Crippen LogP contribution in [0.2, 0.25) is 0 Å². The molecule has 1 amide bonds. The predicted molar refractivity (Wildman–Crippen MR) is 99.5 cm³/mol. The molecule has 4 rings (SSSR count). The van der Waals surface area contributed by atoms with Crippen molar-refractivity contribution in [1.29, 1.82) is 0 Å². The van der Waals surface area contributed by atoms with Gasteiger partial charge in [0.15, 0.2) is 5.65 Å². The summed E-state index contributed by atoms with van der Waals surface area (Å²) in [7, 11) is 0. The number of aromatic amines is 1. The number of likely N-dealkylation sites (tertiary alicyclic amines) is 1. The molecule has 1 atom stereocenters. The summed E-state index contributed by atoms with van der Waals surface area (Å²) in [5, 5.41) is 6.39. The van der Waals surface area contributed by atoms with Crippen LogP contribution in [-0.4, -0.2) is 44.5 Å². The lowest BCUT2D eigenvalue weighted by Gasteiger charge is -2.33. The first-order valence-electron chi connectivity index (χ1n) is 8.80. The van der Waals surface area contributed by atoms with E-state index in [0.29, 0.717) is 18.7 Å². The molecule has 0 bridgehead atoms. The lowest BCUT2D eigenvalue weighted by atomic mass is 10.0. The minimum Gasteiger partial charge on any atom is -0.381 e. The summed E-state index contributed by atoms with van der Waals surface area (Å²) in [5.74, 6) is -0.260. The van der Waals surface area contributed by atoms with E-state index in [4.69, 9.17) is 0 Å². The third-order valence-electron chi connectivity index (χ3n) is 4.71. The van der Waals surface area contributed by atoms with Crippen molar-refractivity contribution in [2.24, 2.45) is 0 Å². The maximum absolute atomic E-state index is 12.9. The standard InChI is InChI=1S/C19H21N5O2/c1-13-10-17-20-11-16(19(26)24(17)22-13)18(25)23-9-5-8-15(12-23)21-14-6-3-2-4-7-14/h2-4,6-7,10-11,15,21-22H,5,8-9,12H2,1H3/t15-/m1/s1. The van der Waals surface area contributed by atoms with Gasteiger partial charge in [-0.3, -0.25) is 14.7 Å². The minimum atomic E-state index is -0.355. The van der Waals surface area contributed by atoms with Crippen molar-refractivity contribution in [2.45, 2.75) is 25.8 Å². The van der Waals surface area contributed by atoms with Gasteiger partial charge in [0.05, 0.1) is 0 Å². The Morgan fingerprint density at radius 1 is 1.31 bits per heavy atom. The van der Waals surface area contributed by atoms with Crippen LogP contribution in [-0.2, 0) is 0 Å². The Labute approximate surface area is 150 Å². The number of hydrogen-bond acceptors (Lipinski definition) is 4. The van der Waals surface area contributed by atoms with E-state index in [1.54, 1.807) is 11.0 Å². The molecule has 7 heteroatoms. The third kappa shape index (κ3) is 3.08. The Morgan fingerprint density at radius 2 is 2.12 bits per heavy atom. The van der Waals surface area contributed by atoms with Crippen molar-refractivity contribution >= 4 is 17.2 Å². The summed E-state index contributed by atoms with van der Waals surface area (Å²) in [4.78, 5) is 31.5. The topological polar surface area (TPSA) is 82.5 Å². The molecule has 3 heterocycles. The molecular formula is C19H21N5O2. The van der Waals surface area contributed by atoms with Crippen molar-refractivity contribution in [3.8, 4) is 0 Å². The summed E-state index contributed by atoms with van der Waals surface area (Å²) in [5.41, 5.74) is 2.13. The zero-order valence-electron chi connectivity index (χ0n) is 14.6. The second kappa shape index (κ2) is 6.67. The van der Waals surface area contributed by atoms with Crippen LogP contribution < -0.4 is 10.9 Å². The van der Waals surface area contributed by atoms with Gasteiger partial charge >= 0.3 is 0 Å². The van der Waals surface area contributed by atoms with Gasteiger partial charge < -0.3 is 10.2 Å². The highest BCUT2D eigenvalue weighted by Gasteiger charge is 2.26. The van der Waals surface area contributed by atoms with Gasteiger partial charge in [0.25, 0.3) is 11.5 Å². The molecule has 0 saturated carbocycles. The van der Waals surface area contributed by atoms with E-state index in [2.05, 4.69) is 15.4 Å². The maximum Gasteiger partial charge on any atom is 0.285 e. The molecular weight excluding hydrogens is 330 g/mol. The van der Waals surface area contributed by atoms with Gasteiger partial charge in [0.2, 0.25) is 0 Å². The molecule has 7 nitrogen and oxygen atoms in total. The summed E-state index contributed by atoms with van der Waals surface area (Å²) < 4.78 is 1.33. The Bertz CT molecular complexity index is 992. The lowest BCUT2D eigenvalue weighted by Crippen LogP contribution is -2.46. The van der Waals surface area contributed by atoms with Gasteiger partial charge in [-0.1, -0.05) is 18.2 Å². The number of fused-ring (bicyclic) bond motifs is 1. The fourth-order valence-corrected chi connectivity index (χ4v) is 3.45. The summed E-state index contributed by atoms with van der Waals surface area (Å²) in [6, 6.07) is 11.9. The number of benzene rings is 1. The molecule has 0 unspecified atom stereocenters. The molecule has 3 aromatic rings. The van der Waals surface area contributed by atoms with E-state index in [9.17, 15) is 9.59 Å². The monoisotopic (exact) mass is 351 g/mol. The number of piperidine rings is 1. The molecule has 2 N–H and O–H groups in total. The number of aryl methyl sites for hydroxylation is 1. The number of anilines is 1. The quantitative estimate of drug-likeness (QED) is 0.757. The number of hydrogen-bond donors (Lipinski definition) is 2. The number of amides is 1. The Hall–Kier alpha value is -3.09. The lowest BCUT2D eigenvalue weighted by molar-refractivity contribution is 0.0712. The van der Waals surface area contributed by atoms with Crippen molar-refractivity contribution in [3.63, 3.8) is 0 Å². The SMILES string of the molecule is Cc1cc2ncc(C(=O)N3CCC[C@@H](Nc4ccccc4)C3)c(=O)n2[nH]1. The number of rotatable bonds is 3. The highest BCUT2D eigenvalue weighted by molar-refractivity contribution is 5.93. The van der Waals surface area contributed by atoms with Crippen LogP contribution in [0.5, 0.6) is 0 Å². The molecule has 26 heavy (non-hydrogen) atoms. The Balaban J connectivity index is 1.54. The van der Waals surface area contributed by atoms with E-state index < -0.39 is 0 Å². The van der Waals surface area contributed by atoms with Gasteiger partial charge in [-0.15, -0.1) is 0 Å². The van der Waals surface area contributed by atoms with Gasteiger partial charge in [0.1, 0.15) is 5.56 Å². The smallest absolute Gasteiger partial charge is 0.285 e. The maximum atomic E-state index is 12.9. The molecule has 0 aliphatic carbocycles. The second-order valence-corrected chi connectivity index (χ2v) is 6.71. The number of para-hydroxylation sites is 1. The third-order valence-corrected chi connectivity index (χ3v) is 4.71. The van der Waals surface area contributed by atoms with Crippen LogP contribution in [0.15, 0.2) is 47.4 Å². The van der Waals surface area contributed by atoms with E-state index in [1.807, 2.05) is 37.3 Å². The van der Waals surface area contributed by atoms with Gasteiger partial charge in [-0.05, 0) is 31.9 Å². The molecule has 1 aliphatic rings. The number of aromatic nitrogens is 3. The number of carbonyl (C=O) groups is 1. The molecule has 1 fully saturated rings. The van der Waals surface area contributed by atoms with Crippen LogP contribution >= 0.6 is 0 Å². The van der Waals surface area contributed by atoms with E-state index in [0.717, 1.165) is 24.2 Å². The predicted octanol–water partition coefficient (Wildman–Crippen LogP) is 2.05. The molecule has 1 aliphatic heterocycles. The van der Waals surface area contributed by atoms with E-state index in [1.165, 1.54) is 10.7 Å².